The number of aromatic amines is 1. The lowest BCUT2D eigenvalue weighted by molar-refractivity contribution is 0.734. The van der Waals surface area contributed by atoms with Gasteiger partial charge in [0.25, 0.3) is 5.56 Å². The number of hydrogen-bond donors (Lipinski definition) is 1. The van der Waals surface area contributed by atoms with E-state index in [4.69, 9.17) is 5.26 Å². The first kappa shape index (κ1) is 12.6. The number of aromatic nitrogens is 4. The number of nitrogens with one attached hydrogen (secondary N) is 1. The van der Waals surface area contributed by atoms with Crippen LogP contribution in [0.1, 0.15) is 22.1 Å². The fourth-order valence-corrected chi connectivity index (χ4v) is 3.13. The maximum atomic E-state index is 12.1. The summed E-state index contributed by atoms with van der Waals surface area (Å²) < 4.78 is 1.65. The molecule has 0 saturated heterocycles. The van der Waals surface area contributed by atoms with Crippen molar-refractivity contribution < 1.29 is 0 Å². The summed E-state index contributed by atoms with van der Waals surface area (Å²) in [5.74, 6) is 0.824. The standard InChI is InChI=1S/C13H11N5OS/c1-7-8(2)20-13-11(7)12(19)16-9(17-13)6-18-4-3-15-10(18)5-14/h3-4H,6H2,1-2H3,(H,16,17,19). The van der Waals surface area contributed by atoms with Gasteiger partial charge < -0.3 is 9.55 Å². The van der Waals surface area contributed by atoms with Crippen LogP contribution in [0.3, 0.4) is 0 Å². The lowest BCUT2D eigenvalue weighted by atomic mass is 10.2. The van der Waals surface area contributed by atoms with E-state index < -0.39 is 0 Å². The first-order valence-electron chi connectivity index (χ1n) is 6.00. The van der Waals surface area contributed by atoms with Crippen LogP contribution >= 0.6 is 11.3 Å². The molecule has 0 atom stereocenters. The van der Waals surface area contributed by atoms with Crippen molar-refractivity contribution in [2.45, 2.75) is 20.4 Å². The van der Waals surface area contributed by atoms with Gasteiger partial charge in [0.1, 0.15) is 16.7 Å². The number of imidazole rings is 1. The normalized spacial score (nSPS) is 10.8. The highest BCUT2D eigenvalue weighted by atomic mass is 32.1. The van der Waals surface area contributed by atoms with Crippen molar-refractivity contribution in [3.05, 3.63) is 44.8 Å². The van der Waals surface area contributed by atoms with Gasteiger partial charge in [-0.25, -0.2) is 9.97 Å². The van der Waals surface area contributed by atoms with E-state index in [9.17, 15) is 4.79 Å². The van der Waals surface area contributed by atoms with Gasteiger partial charge in [0.05, 0.1) is 11.9 Å². The Balaban J connectivity index is 2.10. The van der Waals surface area contributed by atoms with E-state index in [0.717, 1.165) is 15.3 Å². The Labute approximate surface area is 118 Å². The number of hydrogen-bond acceptors (Lipinski definition) is 5. The molecule has 0 aliphatic carbocycles. The van der Waals surface area contributed by atoms with Gasteiger partial charge in [-0.05, 0) is 19.4 Å². The SMILES string of the molecule is Cc1sc2nc(Cn3ccnc3C#N)[nH]c(=O)c2c1C. The van der Waals surface area contributed by atoms with Crippen molar-refractivity contribution in [1.29, 1.82) is 5.26 Å². The fourth-order valence-electron chi connectivity index (χ4n) is 2.09. The summed E-state index contributed by atoms with van der Waals surface area (Å²) >= 11 is 1.51. The third kappa shape index (κ3) is 1.90. The van der Waals surface area contributed by atoms with Gasteiger partial charge in [-0.1, -0.05) is 0 Å². The maximum Gasteiger partial charge on any atom is 0.259 e. The Kier molecular flexibility index (Phi) is 2.88. The van der Waals surface area contributed by atoms with Crippen LogP contribution in [0.25, 0.3) is 10.2 Å². The average Bonchev–Trinajstić information content (AvgIpc) is 2.95. The monoisotopic (exact) mass is 285 g/mol. The molecule has 0 bridgehead atoms. The number of fused-ring (bicyclic) bond motifs is 1. The van der Waals surface area contributed by atoms with E-state index in [1.54, 1.807) is 17.0 Å². The molecular weight excluding hydrogens is 274 g/mol. The minimum Gasteiger partial charge on any atom is -0.315 e. The molecule has 0 spiro atoms. The van der Waals surface area contributed by atoms with Gasteiger partial charge in [-0.3, -0.25) is 4.79 Å². The van der Waals surface area contributed by atoms with E-state index in [0.29, 0.717) is 23.6 Å². The largest absolute Gasteiger partial charge is 0.315 e. The predicted molar refractivity (Wildman–Crippen MR) is 75.8 cm³/mol. The molecule has 0 aliphatic rings. The molecule has 3 rings (SSSR count). The van der Waals surface area contributed by atoms with Crippen LogP contribution in [-0.2, 0) is 6.54 Å². The lowest BCUT2D eigenvalue weighted by Crippen LogP contribution is -2.14. The number of aryl methyl sites for hydroxylation is 2. The summed E-state index contributed by atoms with van der Waals surface area (Å²) in [6.07, 6.45) is 3.24. The third-order valence-electron chi connectivity index (χ3n) is 3.22. The fraction of sp³-hybridized carbons (Fsp3) is 0.231. The summed E-state index contributed by atoms with van der Waals surface area (Å²) in [4.78, 5) is 25.1. The third-order valence-corrected chi connectivity index (χ3v) is 4.32. The smallest absolute Gasteiger partial charge is 0.259 e. The quantitative estimate of drug-likeness (QED) is 0.776. The number of thiophene rings is 1. The van der Waals surface area contributed by atoms with Gasteiger partial charge in [-0.2, -0.15) is 5.26 Å². The molecule has 100 valence electrons. The minimum absolute atomic E-state index is 0.134. The zero-order valence-electron chi connectivity index (χ0n) is 11.0. The van der Waals surface area contributed by atoms with Crippen LogP contribution in [0.2, 0.25) is 0 Å². The first-order valence-corrected chi connectivity index (χ1v) is 6.82. The van der Waals surface area contributed by atoms with Crippen molar-refractivity contribution in [1.82, 2.24) is 19.5 Å². The highest BCUT2D eigenvalue weighted by molar-refractivity contribution is 7.18. The molecule has 7 heteroatoms. The molecule has 20 heavy (non-hydrogen) atoms. The Morgan fingerprint density at radius 3 is 3.05 bits per heavy atom. The molecule has 0 radical (unpaired) electrons. The van der Waals surface area contributed by atoms with Crippen molar-refractivity contribution in [2.24, 2.45) is 0 Å². The van der Waals surface area contributed by atoms with E-state index >= 15 is 0 Å². The zero-order valence-corrected chi connectivity index (χ0v) is 11.8. The van der Waals surface area contributed by atoms with E-state index in [1.165, 1.54) is 11.3 Å². The van der Waals surface area contributed by atoms with Crippen molar-refractivity contribution >= 4 is 21.6 Å². The van der Waals surface area contributed by atoms with Crippen molar-refractivity contribution in [2.75, 3.05) is 0 Å². The number of rotatable bonds is 2. The van der Waals surface area contributed by atoms with Crippen LogP contribution in [0.5, 0.6) is 0 Å². The second-order valence-corrected chi connectivity index (χ2v) is 5.67. The topological polar surface area (TPSA) is 87.4 Å². The predicted octanol–water partition coefficient (Wildman–Crippen LogP) is 1.72. The average molecular weight is 285 g/mol. The number of H-pyrrole nitrogens is 1. The molecule has 0 unspecified atom stereocenters. The van der Waals surface area contributed by atoms with Crippen molar-refractivity contribution in [3.8, 4) is 6.07 Å². The van der Waals surface area contributed by atoms with Crippen LogP contribution in [0.4, 0.5) is 0 Å². The van der Waals surface area contributed by atoms with E-state index in [-0.39, 0.29) is 5.56 Å². The van der Waals surface area contributed by atoms with Crippen LogP contribution in [0.15, 0.2) is 17.2 Å². The first-order chi connectivity index (χ1) is 9.60. The molecule has 3 aromatic rings. The molecule has 0 amide bonds. The second kappa shape index (κ2) is 4.58. The molecule has 6 nitrogen and oxygen atoms in total. The highest BCUT2D eigenvalue weighted by Gasteiger charge is 2.12. The lowest BCUT2D eigenvalue weighted by Gasteiger charge is -2.03. The molecule has 0 saturated carbocycles. The molecule has 3 aromatic heterocycles. The van der Waals surface area contributed by atoms with Crippen LogP contribution in [0, 0.1) is 25.2 Å². The Morgan fingerprint density at radius 1 is 1.50 bits per heavy atom. The second-order valence-electron chi connectivity index (χ2n) is 4.47. The molecule has 0 fully saturated rings. The highest BCUT2D eigenvalue weighted by Crippen LogP contribution is 2.25. The molecule has 0 aliphatic heterocycles. The molecular formula is C13H11N5OS. The molecule has 3 heterocycles. The summed E-state index contributed by atoms with van der Waals surface area (Å²) in [6.45, 7) is 4.23. The van der Waals surface area contributed by atoms with Gasteiger partial charge in [0, 0.05) is 17.3 Å². The Morgan fingerprint density at radius 2 is 2.30 bits per heavy atom. The summed E-state index contributed by atoms with van der Waals surface area (Å²) in [5, 5.41) is 9.58. The van der Waals surface area contributed by atoms with E-state index in [2.05, 4.69) is 15.0 Å². The van der Waals surface area contributed by atoms with Crippen LogP contribution in [-0.4, -0.2) is 19.5 Å². The molecule has 1 N–H and O–H groups in total. The minimum atomic E-state index is -0.134. The van der Waals surface area contributed by atoms with E-state index in [1.807, 2.05) is 19.9 Å². The number of nitriles is 1. The zero-order chi connectivity index (χ0) is 14.3. The summed E-state index contributed by atoms with van der Waals surface area (Å²) in [7, 11) is 0. The van der Waals surface area contributed by atoms with Gasteiger partial charge in [0.2, 0.25) is 5.82 Å². The number of nitrogens with zero attached hydrogens (tertiary/aromatic N) is 4. The maximum absolute atomic E-state index is 12.1. The van der Waals surface area contributed by atoms with Crippen molar-refractivity contribution in [3.63, 3.8) is 0 Å². The van der Waals surface area contributed by atoms with Gasteiger partial charge in [-0.15, -0.1) is 11.3 Å². The summed E-state index contributed by atoms with van der Waals surface area (Å²) in [6, 6.07) is 2.00. The van der Waals surface area contributed by atoms with Crippen LogP contribution < -0.4 is 5.56 Å². The Bertz CT molecular complexity index is 896. The Hall–Kier alpha value is -2.46. The summed E-state index contributed by atoms with van der Waals surface area (Å²) in [5.41, 5.74) is 0.844. The molecule has 0 aromatic carbocycles. The van der Waals surface area contributed by atoms with Gasteiger partial charge in [0.15, 0.2) is 0 Å². The van der Waals surface area contributed by atoms with Gasteiger partial charge >= 0.3 is 0 Å².